The van der Waals surface area contributed by atoms with Gasteiger partial charge in [-0.1, -0.05) is 30.2 Å². The largest absolute Gasteiger partial charge is 0.444 e. The molecule has 0 fully saturated rings. The van der Waals surface area contributed by atoms with Crippen LogP contribution in [0.2, 0.25) is 0 Å². The fourth-order valence-corrected chi connectivity index (χ4v) is 2.01. The van der Waals surface area contributed by atoms with Crippen LogP contribution in [-0.4, -0.2) is 12.2 Å². The molecule has 2 rings (SSSR count). The Labute approximate surface area is 88.2 Å². The molecule has 2 N–H and O–H groups in total. The van der Waals surface area contributed by atoms with E-state index in [4.69, 9.17) is 16.9 Å². The van der Waals surface area contributed by atoms with Crippen molar-refractivity contribution in [3.8, 4) is 12.3 Å². The van der Waals surface area contributed by atoms with Gasteiger partial charge < -0.3 is 10.5 Å². The number of terminal acetylenes is 1. The van der Waals surface area contributed by atoms with E-state index in [9.17, 15) is 4.79 Å². The third-order valence-corrected chi connectivity index (χ3v) is 2.63. The van der Waals surface area contributed by atoms with Gasteiger partial charge in [-0.2, -0.15) is 0 Å². The lowest BCUT2D eigenvalue weighted by Crippen LogP contribution is -2.25. The van der Waals surface area contributed by atoms with E-state index in [2.05, 4.69) is 5.92 Å². The number of carbonyl (C=O) groups is 1. The molecule has 1 aliphatic carbocycles. The standard InChI is InChI=1S/C12H11NO2/c1-2-9-10-6-4-3-5-8(10)7-11(9)15-12(13)14/h1,3-6,9,11H,7H2,(H2,13,14)/t9-,11-/m0/s1. The van der Waals surface area contributed by atoms with E-state index < -0.39 is 6.09 Å². The van der Waals surface area contributed by atoms with Gasteiger partial charge in [0.15, 0.2) is 0 Å². The quantitative estimate of drug-likeness (QED) is 0.699. The number of ether oxygens (including phenoxy) is 1. The van der Waals surface area contributed by atoms with Gasteiger partial charge in [0.25, 0.3) is 0 Å². The maximum Gasteiger partial charge on any atom is 0.404 e. The summed E-state index contributed by atoms with van der Waals surface area (Å²) in [6.07, 6.45) is 4.99. The van der Waals surface area contributed by atoms with Crippen LogP contribution in [0.4, 0.5) is 4.79 Å². The van der Waals surface area contributed by atoms with E-state index in [1.807, 2.05) is 24.3 Å². The fourth-order valence-electron chi connectivity index (χ4n) is 2.01. The van der Waals surface area contributed by atoms with Crippen LogP contribution < -0.4 is 5.73 Å². The second-order valence-electron chi connectivity index (χ2n) is 3.52. The molecule has 0 unspecified atom stereocenters. The summed E-state index contributed by atoms with van der Waals surface area (Å²) in [6, 6.07) is 7.82. The van der Waals surface area contributed by atoms with Crippen molar-refractivity contribution in [1.29, 1.82) is 0 Å². The van der Waals surface area contributed by atoms with E-state index >= 15 is 0 Å². The summed E-state index contributed by atoms with van der Waals surface area (Å²) in [5.41, 5.74) is 7.19. The minimum atomic E-state index is -0.770. The molecule has 1 aromatic carbocycles. The van der Waals surface area contributed by atoms with Gasteiger partial charge in [-0.15, -0.1) is 6.42 Å². The molecule has 0 spiro atoms. The molecule has 0 radical (unpaired) electrons. The van der Waals surface area contributed by atoms with Gasteiger partial charge in [0.1, 0.15) is 6.10 Å². The van der Waals surface area contributed by atoms with E-state index in [1.165, 1.54) is 0 Å². The van der Waals surface area contributed by atoms with Crippen LogP contribution >= 0.6 is 0 Å². The second kappa shape index (κ2) is 3.66. The lowest BCUT2D eigenvalue weighted by atomic mass is 10.0. The van der Waals surface area contributed by atoms with Gasteiger partial charge in [0.05, 0.1) is 5.92 Å². The zero-order valence-electron chi connectivity index (χ0n) is 8.14. The van der Waals surface area contributed by atoms with Crippen LogP contribution in [0.3, 0.4) is 0 Å². The zero-order chi connectivity index (χ0) is 10.8. The van der Waals surface area contributed by atoms with Gasteiger partial charge in [-0.3, -0.25) is 0 Å². The first-order chi connectivity index (χ1) is 7.22. The molecular weight excluding hydrogens is 190 g/mol. The lowest BCUT2D eigenvalue weighted by molar-refractivity contribution is 0.106. The van der Waals surface area contributed by atoms with Gasteiger partial charge in [0.2, 0.25) is 0 Å². The normalized spacial score (nSPS) is 22.9. The van der Waals surface area contributed by atoms with E-state index in [0.29, 0.717) is 6.42 Å². The van der Waals surface area contributed by atoms with Crippen molar-refractivity contribution in [1.82, 2.24) is 0 Å². The first kappa shape index (κ1) is 9.60. The molecule has 0 heterocycles. The van der Waals surface area contributed by atoms with Crippen LogP contribution in [0.1, 0.15) is 17.0 Å². The number of primary amides is 1. The van der Waals surface area contributed by atoms with Crippen molar-refractivity contribution in [2.24, 2.45) is 5.73 Å². The molecule has 0 aliphatic heterocycles. The molecule has 2 atom stereocenters. The average Bonchev–Trinajstić information content (AvgIpc) is 2.53. The highest BCUT2D eigenvalue weighted by molar-refractivity contribution is 5.65. The molecule has 1 aliphatic rings. The predicted octanol–water partition coefficient (Wildman–Crippen LogP) is 1.42. The Morgan fingerprint density at radius 1 is 1.53 bits per heavy atom. The Morgan fingerprint density at radius 3 is 2.93 bits per heavy atom. The summed E-state index contributed by atoms with van der Waals surface area (Å²) < 4.78 is 4.99. The van der Waals surface area contributed by atoms with Crippen molar-refractivity contribution in [3.63, 3.8) is 0 Å². The van der Waals surface area contributed by atoms with Crippen LogP contribution in [0.15, 0.2) is 24.3 Å². The number of rotatable bonds is 1. The number of nitrogens with two attached hydrogens (primary N) is 1. The topological polar surface area (TPSA) is 52.3 Å². The summed E-state index contributed by atoms with van der Waals surface area (Å²) in [5.74, 6) is 2.47. The highest BCUT2D eigenvalue weighted by Gasteiger charge is 2.33. The maximum absolute atomic E-state index is 10.7. The van der Waals surface area contributed by atoms with Crippen molar-refractivity contribution in [2.75, 3.05) is 0 Å². The maximum atomic E-state index is 10.7. The number of hydrogen-bond donors (Lipinski definition) is 1. The van der Waals surface area contributed by atoms with Gasteiger partial charge in [0, 0.05) is 6.42 Å². The minimum Gasteiger partial charge on any atom is -0.444 e. The number of hydrogen-bond acceptors (Lipinski definition) is 2. The second-order valence-corrected chi connectivity index (χ2v) is 3.52. The third kappa shape index (κ3) is 1.66. The summed E-state index contributed by atoms with van der Waals surface area (Å²) in [6.45, 7) is 0. The van der Waals surface area contributed by atoms with Gasteiger partial charge in [-0.05, 0) is 11.1 Å². The van der Waals surface area contributed by atoms with Gasteiger partial charge in [-0.25, -0.2) is 4.79 Å². The fraction of sp³-hybridized carbons (Fsp3) is 0.250. The van der Waals surface area contributed by atoms with E-state index in [0.717, 1.165) is 11.1 Å². The molecule has 0 saturated heterocycles. The average molecular weight is 201 g/mol. The SMILES string of the molecule is C#C[C@H]1c2ccccc2C[C@@H]1OC(N)=O. The van der Waals surface area contributed by atoms with Crippen molar-refractivity contribution < 1.29 is 9.53 Å². The van der Waals surface area contributed by atoms with Crippen LogP contribution in [-0.2, 0) is 11.2 Å². The first-order valence-corrected chi connectivity index (χ1v) is 4.72. The number of amides is 1. The minimum absolute atomic E-state index is 0.173. The molecule has 1 amide bonds. The molecule has 0 aromatic heterocycles. The Morgan fingerprint density at radius 2 is 2.27 bits per heavy atom. The molecule has 1 aromatic rings. The molecule has 3 nitrogen and oxygen atoms in total. The first-order valence-electron chi connectivity index (χ1n) is 4.72. The molecular formula is C12H11NO2. The Balaban J connectivity index is 2.29. The summed E-state index contributed by atoms with van der Waals surface area (Å²) in [4.78, 5) is 10.7. The summed E-state index contributed by atoms with van der Waals surface area (Å²) in [7, 11) is 0. The van der Waals surface area contributed by atoms with E-state index in [-0.39, 0.29) is 12.0 Å². The van der Waals surface area contributed by atoms with Crippen LogP contribution in [0, 0.1) is 12.3 Å². The molecule has 3 heteroatoms. The number of carbonyl (C=O) groups excluding carboxylic acids is 1. The predicted molar refractivity (Wildman–Crippen MR) is 56.2 cm³/mol. The molecule has 15 heavy (non-hydrogen) atoms. The van der Waals surface area contributed by atoms with E-state index in [1.54, 1.807) is 0 Å². The smallest absolute Gasteiger partial charge is 0.404 e. The Hall–Kier alpha value is -1.95. The summed E-state index contributed by atoms with van der Waals surface area (Å²) in [5, 5.41) is 0. The zero-order valence-corrected chi connectivity index (χ0v) is 8.14. The monoisotopic (exact) mass is 201 g/mol. The number of benzene rings is 1. The highest BCUT2D eigenvalue weighted by Crippen LogP contribution is 2.34. The van der Waals surface area contributed by atoms with Gasteiger partial charge >= 0.3 is 6.09 Å². The molecule has 0 bridgehead atoms. The summed E-state index contributed by atoms with van der Waals surface area (Å²) >= 11 is 0. The Kier molecular flexibility index (Phi) is 2.34. The van der Waals surface area contributed by atoms with Crippen molar-refractivity contribution in [2.45, 2.75) is 18.4 Å². The highest BCUT2D eigenvalue weighted by atomic mass is 16.6. The van der Waals surface area contributed by atoms with Crippen molar-refractivity contribution >= 4 is 6.09 Å². The van der Waals surface area contributed by atoms with Crippen LogP contribution in [0.25, 0.3) is 0 Å². The molecule has 0 saturated carbocycles. The Bertz CT molecular complexity index is 433. The van der Waals surface area contributed by atoms with Crippen molar-refractivity contribution in [3.05, 3.63) is 35.4 Å². The van der Waals surface area contributed by atoms with Crippen LogP contribution in [0.5, 0.6) is 0 Å². The lowest BCUT2D eigenvalue weighted by Gasteiger charge is -2.14. The molecule has 76 valence electrons. The number of fused-ring (bicyclic) bond motifs is 1. The third-order valence-electron chi connectivity index (χ3n) is 2.63.